The van der Waals surface area contributed by atoms with Crippen molar-refractivity contribution >= 4 is 17.4 Å². The lowest BCUT2D eigenvalue weighted by Gasteiger charge is -2.15. The molecule has 0 fully saturated rings. The predicted molar refractivity (Wildman–Crippen MR) is 100 cm³/mol. The maximum Gasteiger partial charge on any atom is 0.333 e. The Hall–Kier alpha value is -3.67. The fraction of sp³-hybridized carbons (Fsp3) is 0.235. The Bertz CT molecular complexity index is 1160. The number of aryl methyl sites for hydroxylation is 1. The van der Waals surface area contributed by atoms with Crippen LogP contribution in [0.2, 0.25) is 0 Å². The minimum Gasteiger partial charge on any atom is -0.394 e. The second-order valence-corrected chi connectivity index (χ2v) is 6.24. The van der Waals surface area contributed by atoms with Gasteiger partial charge in [0.05, 0.1) is 30.1 Å². The fourth-order valence-corrected chi connectivity index (χ4v) is 2.85. The predicted octanol–water partition coefficient (Wildman–Crippen LogP) is 1.81. The first-order valence-electron chi connectivity index (χ1n) is 8.61. The van der Waals surface area contributed by atoms with Gasteiger partial charge in [0, 0.05) is 18.0 Å². The third-order valence-corrected chi connectivity index (χ3v) is 4.30. The summed E-state index contributed by atoms with van der Waals surface area (Å²) < 4.78 is 27.9. The maximum atomic E-state index is 12.7. The molecule has 1 unspecified atom stereocenters. The first-order valence-corrected chi connectivity index (χ1v) is 8.61. The topological polar surface area (TPSA) is 132 Å². The van der Waals surface area contributed by atoms with Gasteiger partial charge in [-0.3, -0.25) is 0 Å². The number of nitrogens with two attached hydrogens (primary N) is 1. The average Bonchev–Trinajstić information content (AvgIpc) is 3.33. The molecule has 0 saturated heterocycles. The van der Waals surface area contributed by atoms with Crippen molar-refractivity contribution in [1.29, 1.82) is 0 Å². The van der Waals surface area contributed by atoms with Crippen LogP contribution in [0.15, 0.2) is 36.8 Å². The molecule has 0 amide bonds. The first kappa shape index (κ1) is 18.7. The molecule has 4 aromatic heterocycles. The van der Waals surface area contributed by atoms with Crippen LogP contribution in [0, 0.1) is 6.92 Å². The number of aliphatic hydroxyl groups excluding tert-OH is 1. The van der Waals surface area contributed by atoms with E-state index in [0.29, 0.717) is 16.1 Å². The normalized spacial score (nSPS) is 12.6. The number of nitrogen functional groups attached to an aromatic ring is 1. The molecule has 0 bridgehead atoms. The molecule has 0 aliphatic carbocycles. The van der Waals surface area contributed by atoms with Gasteiger partial charge < -0.3 is 20.6 Å². The smallest absolute Gasteiger partial charge is 0.333 e. The van der Waals surface area contributed by atoms with Gasteiger partial charge >= 0.3 is 6.55 Å². The SMILES string of the molecule is Cc1ncc2ccc(-c3nc(N)nc(NC(CO)c4ccn(C(F)F)n4)n3)cn12. The van der Waals surface area contributed by atoms with E-state index in [1.807, 2.05) is 29.7 Å². The van der Waals surface area contributed by atoms with Crippen molar-refractivity contribution in [3.05, 3.63) is 48.3 Å². The standard InChI is InChI=1S/C17H17F2N9O/c1-9-21-6-11-3-2-10(7-27(9)11)14-23-16(20)25-17(24-14)22-13(8-29)12-4-5-28(26-12)15(18)19/h2-7,13,15,29H,8H2,1H3,(H3,20,22,23,24,25). The Kier molecular flexibility index (Phi) is 4.76. The van der Waals surface area contributed by atoms with Crippen LogP contribution in [-0.4, -0.2) is 45.8 Å². The number of nitrogens with zero attached hydrogens (tertiary/aromatic N) is 7. The molecule has 0 spiro atoms. The lowest BCUT2D eigenvalue weighted by molar-refractivity contribution is 0.0559. The summed E-state index contributed by atoms with van der Waals surface area (Å²) in [6.45, 7) is -1.32. The van der Waals surface area contributed by atoms with Crippen LogP contribution in [0.3, 0.4) is 0 Å². The van der Waals surface area contributed by atoms with E-state index in [-0.39, 0.29) is 17.6 Å². The Morgan fingerprint density at radius 2 is 2.03 bits per heavy atom. The molecule has 0 aliphatic heterocycles. The lowest BCUT2D eigenvalue weighted by atomic mass is 10.2. The number of imidazole rings is 1. The maximum absolute atomic E-state index is 12.7. The highest BCUT2D eigenvalue weighted by molar-refractivity contribution is 5.61. The molecule has 150 valence electrons. The van der Waals surface area contributed by atoms with Crippen molar-refractivity contribution in [2.75, 3.05) is 17.7 Å². The minimum atomic E-state index is -2.77. The van der Waals surface area contributed by atoms with Crippen molar-refractivity contribution in [2.24, 2.45) is 0 Å². The molecule has 4 rings (SSSR count). The molecular formula is C17H17F2N9O. The van der Waals surface area contributed by atoms with Gasteiger partial charge in [-0.1, -0.05) is 0 Å². The van der Waals surface area contributed by atoms with Gasteiger partial charge in [-0.05, 0) is 25.1 Å². The summed E-state index contributed by atoms with van der Waals surface area (Å²) in [7, 11) is 0. The van der Waals surface area contributed by atoms with E-state index in [1.165, 1.54) is 6.07 Å². The third kappa shape index (κ3) is 3.69. The van der Waals surface area contributed by atoms with E-state index < -0.39 is 19.2 Å². The van der Waals surface area contributed by atoms with Crippen LogP contribution in [0.4, 0.5) is 20.7 Å². The highest BCUT2D eigenvalue weighted by atomic mass is 19.3. The molecule has 4 heterocycles. The van der Waals surface area contributed by atoms with Crippen LogP contribution in [0.25, 0.3) is 16.9 Å². The van der Waals surface area contributed by atoms with Crippen LogP contribution in [0.1, 0.15) is 24.1 Å². The van der Waals surface area contributed by atoms with Crippen molar-refractivity contribution in [1.82, 2.24) is 34.1 Å². The summed E-state index contributed by atoms with van der Waals surface area (Å²) >= 11 is 0. The zero-order valence-electron chi connectivity index (χ0n) is 15.2. The molecule has 4 aromatic rings. The molecule has 12 heteroatoms. The van der Waals surface area contributed by atoms with Gasteiger partial charge in [0.25, 0.3) is 0 Å². The molecular weight excluding hydrogens is 384 g/mol. The summed E-state index contributed by atoms with van der Waals surface area (Å²) in [5.41, 5.74) is 7.63. The van der Waals surface area contributed by atoms with Crippen LogP contribution < -0.4 is 11.1 Å². The van der Waals surface area contributed by atoms with Gasteiger partial charge in [-0.15, -0.1) is 0 Å². The van der Waals surface area contributed by atoms with Gasteiger partial charge in [0.2, 0.25) is 11.9 Å². The van der Waals surface area contributed by atoms with E-state index in [9.17, 15) is 13.9 Å². The highest BCUT2D eigenvalue weighted by Gasteiger charge is 2.18. The largest absolute Gasteiger partial charge is 0.394 e. The summed E-state index contributed by atoms with van der Waals surface area (Å²) in [5, 5.41) is 16.3. The van der Waals surface area contributed by atoms with Crippen molar-refractivity contribution in [3.8, 4) is 11.4 Å². The molecule has 1 atom stereocenters. The average molecular weight is 401 g/mol. The van der Waals surface area contributed by atoms with Crippen molar-refractivity contribution < 1.29 is 13.9 Å². The number of pyridine rings is 1. The van der Waals surface area contributed by atoms with E-state index in [1.54, 1.807) is 6.20 Å². The summed E-state index contributed by atoms with van der Waals surface area (Å²) in [6.07, 6.45) is 4.70. The Balaban J connectivity index is 1.65. The number of alkyl halides is 2. The monoisotopic (exact) mass is 401 g/mol. The third-order valence-electron chi connectivity index (χ3n) is 4.30. The molecule has 0 aromatic carbocycles. The van der Waals surface area contributed by atoms with Gasteiger partial charge in [0.15, 0.2) is 5.82 Å². The zero-order valence-corrected chi connectivity index (χ0v) is 15.2. The second kappa shape index (κ2) is 7.39. The number of rotatable bonds is 6. The van der Waals surface area contributed by atoms with E-state index in [4.69, 9.17) is 5.73 Å². The van der Waals surface area contributed by atoms with Crippen molar-refractivity contribution in [2.45, 2.75) is 19.5 Å². The molecule has 0 radical (unpaired) electrons. The summed E-state index contributed by atoms with van der Waals surface area (Å²) in [6, 6.07) is 4.27. The molecule has 29 heavy (non-hydrogen) atoms. The number of aliphatic hydroxyl groups is 1. The zero-order chi connectivity index (χ0) is 20.5. The highest BCUT2D eigenvalue weighted by Crippen LogP contribution is 2.22. The molecule has 10 nitrogen and oxygen atoms in total. The van der Waals surface area contributed by atoms with Gasteiger partial charge in [0.1, 0.15) is 5.82 Å². The number of nitrogens with one attached hydrogen (secondary N) is 1. The van der Waals surface area contributed by atoms with Gasteiger partial charge in [-0.2, -0.15) is 28.8 Å². The second-order valence-electron chi connectivity index (χ2n) is 6.24. The Labute approximate surface area is 163 Å². The van der Waals surface area contributed by atoms with E-state index in [0.717, 1.165) is 17.5 Å². The molecule has 0 saturated carbocycles. The molecule has 0 aliphatic rings. The van der Waals surface area contributed by atoms with Crippen LogP contribution >= 0.6 is 0 Å². The summed E-state index contributed by atoms with van der Waals surface area (Å²) in [5.74, 6) is 1.16. The van der Waals surface area contributed by atoms with Gasteiger partial charge in [-0.25, -0.2) is 9.67 Å². The number of hydrogen-bond acceptors (Lipinski definition) is 8. The Morgan fingerprint density at radius 1 is 1.21 bits per heavy atom. The number of anilines is 2. The number of fused-ring (bicyclic) bond motifs is 1. The first-order chi connectivity index (χ1) is 13.9. The quantitative estimate of drug-likeness (QED) is 0.446. The number of halogens is 2. The van der Waals surface area contributed by atoms with Crippen molar-refractivity contribution in [3.63, 3.8) is 0 Å². The van der Waals surface area contributed by atoms with Crippen LogP contribution in [-0.2, 0) is 0 Å². The molecule has 4 N–H and O–H groups in total. The fourth-order valence-electron chi connectivity index (χ4n) is 2.85. The number of hydrogen-bond donors (Lipinski definition) is 3. The lowest BCUT2D eigenvalue weighted by Crippen LogP contribution is -2.18. The number of aromatic nitrogens is 7. The van der Waals surface area contributed by atoms with E-state index in [2.05, 4.69) is 30.4 Å². The van der Waals surface area contributed by atoms with E-state index >= 15 is 0 Å². The minimum absolute atomic E-state index is 0.0326. The van der Waals surface area contributed by atoms with Crippen LogP contribution in [0.5, 0.6) is 0 Å². The Morgan fingerprint density at radius 3 is 2.76 bits per heavy atom. The summed E-state index contributed by atoms with van der Waals surface area (Å²) in [4.78, 5) is 16.8.